The van der Waals surface area contributed by atoms with Gasteiger partial charge in [-0.2, -0.15) is 0 Å². The number of benzene rings is 2. The van der Waals surface area contributed by atoms with E-state index in [1.165, 1.54) is 6.07 Å². The van der Waals surface area contributed by atoms with E-state index in [2.05, 4.69) is 0 Å². The van der Waals surface area contributed by atoms with Crippen molar-refractivity contribution in [3.63, 3.8) is 0 Å². The van der Waals surface area contributed by atoms with Crippen molar-refractivity contribution in [2.75, 3.05) is 0 Å². The first kappa shape index (κ1) is 14.8. The van der Waals surface area contributed by atoms with E-state index in [-0.39, 0.29) is 17.3 Å². The van der Waals surface area contributed by atoms with Gasteiger partial charge in [-0.1, -0.05) is 29.8 Å². The molecule has 4 nitrogen and oxygen atoms in total. The van der Waals surface area contributed by atoms with Crippen LogP contribution in [0.4, 0.5) is 5.69 Å². The largest absolute Gasteiger partial charge is 0.392 e. The molecule has 0 amide bonds. The molecule has 0 aromatic heterocycles. The van der Waals surface area contributed by atoms with Gasteiger partial charge in [-0.3, -0.25) is 10.1 Å². The van der Waals surface area contributed by atoms with Crippen molar-refractivity contribution in [3.8, 4) is 0 Å². The summed E-state index contributed by atoms with van der Waals surface area (Å²) in [5, 5.41) is 19.9. The van der Waals surface area contributed by atoms with Gasteiger partial charge in [0.1, 0.15) is 5.02 Å². The minimum absolute atomic E-state index is 0.0221. The third-order valence-electron chi connectivity index (χ3n) is 2.72. The monoisotopic (exact) mass is 309 g/mol. The van der Waals surface area contributed by atoms with Crippen LogP contribution < -0.4 is 0 Å². The quantitative estimate of drug-likeness (QED) is 0.514. The van der Waals surface area contributed by atoms with Gasteiger partial charge >= 0.3 is 0 Å². The Morgan fingerprint density at radius 3 is 2.40 bits per heavy atom. The van der Waals surface area contributed by atoms with Gasteiger partial charge in [-0.25, -0.2) is 0 Å². The fourth-order valence-electron chi connectivity index (χ4n) is 1.65. The number of rotatable bonds is 5. The molecule has 0 bridgehead atoms. The number of aliphatic hydroxyl groups is 1. The van der Waals surface area contributed by atoms with Gasteiger partial charge in [0.05, 0.1) is 11.5 Å². The van der Waals surface area contributed by atoms with Gasteiger partial charge in [0.15, 0.2) is 0 Å². The topological polar surface area (TPSA) is 63.4 Å². The van der Waals surface area contributed by atoms with Crippen LogP contribution in [-0.4, -0.2) is 10.0 Å². The lowest BCUT2D eigenvalue weighted by Gasteiger charge is -2.04. The van der Waals surface area contributed by atoms with Crippen molar-refractivity contribution >= 4 is 29.1 Å². The lowest BCUT2D eigenvalue weighted by molar-refractivity contribution is -0.384. The first-order chi connectivity index (χ1) is 9.60. The molecular weight excluding hydrogens is 298 g/mol. The Morgan fingerprint density at radius 2 is 1.80 bits per heavy atom. The highest BCUT2D eigenvalue weighted by Gasteiger charge is 2.12. The maximum atomic E-state index is 10.8. The zero-order valence-electron chi connectivity index (χ0n) is 10.5. The van der Waals surface area contributed by atoms with Crippen molar-refractivity contribution in [1.82, 2.24) is 0 Å². The fourth-order valence-corrected chi connectivity index (χ4v) is 2.67. The summed E-state index contributed by atoms with van der Waals surface area (Å²) < 4.78 is 0. The molecule has 104 valence electrons. The van der Waals surface area contributed by atoms with Gasteiger partial charge in [-0.05, 0) is 29.3 Å². The molecule has 0 aliphatic heterocycles. The van der Waals surface area contributed by atoms with Crippen LogP contribution >= 0.6 is 23.4 Å². The second-order valence-corrected chi connectivity index (χ2v) is 5.59. The first-order valence-electron chi connectivity index (χ1n) is 5.85. The van der Waals surface area contributed by atoms with Crippen molar-refractivity contribution in [1.29, 1.82) is 0 Å². The van der Waals surface area contributed by atoms with Gasteiger partial charge in [0, 0.05) is 16.7 Å². The van der Waals surface area contributed by atoms with Gasteiger partial charge in [-0.15, -0.1) is 11.8 Å². The first-order valence-corrected chi connectivity index (χ1v) is 7.22. The highest BCUT2D eigenvalue weighted by molar-refractivity contribution is 7.98. The smallest absolute Gasteiger partial charge is 0.288 e. The zero-order chi connectivity index (χ0) is 14.5. The van der Waals surface area contributed by atoms with Crippen LogP contribution in [-0.2, 0) is 12.4 Å². The molecule has 0 spiro atoms. The number of nitro benzene ring substituents is 1. The van der Waals surface area contributed by atoms with Crippen molar-refractivity contribution in [2.45, 2.75) is 17.3 Å². The van der Waals surface area contributed by atoms with E-state index in [0.29, 0.717) is 5.75 Å². The highest BCUT2D eigenvalue weighted by atomic mass is 35.5. The average Bonchev–Trinajstić information content (AvgIpc) is 2.46. The van der Waals surface area contributed by atoms with Crippen LogP contribution in [0.25, 0.3) is 0 Å². The fraction of sp³-hybridized carbons (Fsp3) is 0.143. The summed E-state index contributed by atoms with van der Waals surface area (Å²) >= 11 is 7.34. The normalized spacial score (nSPS) is 10.5. The van der Waals surface area contributed by atoms with Crippen LogP contribution in [0, 0.1) is 10.1 Å². The predicted molar refractivity (Wildman–Crippen MR) is 80.0 cm³/mol. The van der Waals surface area contributed by atoms with Crippen molar-refractivity contribution in [2.24, 2.45) is 0 Å². The Morgan fingerprint density at radius 1 is 1.15 bits per heavy atom. The summed E-state index contributed by atoms with van der Waals surface area (Å²) in [6.07, 6.45) is 0. The maximum Gasteiger partial charge on any atom is 0.288 e. The molecule has 0 saturated carbocycles. The number of hydrogen-bond acceptors (Lipinski definition) is 4. The molecule has 1 N–H and O–H groups in total. The molecule has 2 aromatic carbocycles. The summed E-state index contributed by atoms with van der Waals surface area (Å²) in [6.45, 7) is 0.0221. The minimum Gasteiger partial charge on any atom is -0.392 e. The third-order valence-corrected chi connectivity index (χ3v) is 4.12. The molecule has 0 radical (unpaired) electrons. The predicted octanol–water partition coefficient (Wildman–Crippen LogP) is 4.03. The Kier molecular flexibility index (Phi) is 5.00. The molecule has 2 rings (SSSR count). The maximum absolute atomic E-state index is 10.8. The second-order valence-electron chi connectivity index (χ2n) is 4.13. The van der Waals surface area contributed by atoms with E-state index < -0.39 is 4.92 Å². The number of nitro groups is 1. The van der Waals surface area contributed by atoms with Crippen LogP contribution in [0.2, 0.25) is 5.02 Å². The summed E-state index contributed by atoms with van der Waals surface area (Å²) in [6, 6.07) is 12.4. The van der Waals surface area contributed by atoms with Gasteiger partial charge in [0.25, 0.3) is 5.69 Å². The van der Waals surface area contributed by atoms with E-state index in [9.17, 15) is 10.1 Å². The van der Waals surface area contributed by atoms with Crippen molar-refractivity contribution < 1.29 is 10.0 Å². The molecule has 0 aliphatic carbocycles. The van der Waals surface area contributed by atoms with Crippen molar-refractivity contribution in [3.05, 3.63) is 68.7 Å². The molecule has 0 aliphatic rings. The number of hydrogen-bond donors (Lipinski definition) is 1. The van der Waals surface area contributed by atoms with E-state index >= 15 is 0 Å². The molecule has 2 aromatic rings. The molecule has 20 heavy (non-hydrogen) atoms. The summed E-state index contributed by atoms with van der Waals surface area (Å²) in [5.74, 6) is 0.622. The molecule has 0 atom stereocenters. The molecular formula is C14H12ClNO3S. The molecule has 0 heterocycles. The molecule has 6 heteroatoms. The Hall–Kier alpha value is -1.56. The van der Waals surface area contributed by atoms with Crippen LogP contribution in [0.5, 0.6) is 0 Å². The van der Waals surface area contributed by atoms with E-state index in [1.807, 2.05) is 24.3 Å². The average molecular weight is 310 g/mol. The second kappa shape index (κ2) is 6.74. The zero-order valence-corrected chi connectivity index (χ0v) is 12.0. The molecule has 0 fully saturated rings. The number of nitrogens with zero attached hydrogens (tertiary/aromatic N) is 1. The lowest BCUT2D eigenvalue weighted by Crippen LogP contribution is -1.91. The van der Waals surface area contributed by atoms with E-state index in [0.717, 1.165) is 16.0 Å². The number of halogens is 1. The van der Waals surface area contributed by atoms with Gasteiger partial charge in [0.2, 0.25) is 0 Å². The SMILES string of the molecule is O=[N+]([O-])c1cc(CSc2ccc(CO)cc2)ccc1Cl. The third kappa shape index (κ3) is 3.72. The summed E-state index contributed by atoms with van der Waals surface area (Å²) in [5.41, 5.74) is 1.63. The molecule has 0 unspecified atom stereocenters. The van der Waals surface area contributed by atoms with Gasteiger partial charge < -0.3 is 5.11 Å². The van der Waals surface area contributed by atoms with Crippen LogP contribution in [0.3, 0.4) is 0 Å². The standard InChI is InChI=1S/C14H12ClNO3S/c15-13-6-3-11(7-14(13)16(18)19)9-20-12-4-1-10(8-17)2-5-12/h1-7,17H,8-9H2. The Labute approximate surface area is 125 Å². The van der Waals surface area contributed by atoms with E-state index in [4.69, 9.17) is 16.7 Å². The lowest BCUT2D eigenvalue weighted by atomic mass is 10.2. The molecule has 0 saturated heterocycles. The van der Waals surface area contributed by atoms with Crippen LogP contribution in [0.15, 0.2) is 47.4 Å². The minimum atomic E-state index is -0.480. The van der Waals surface area contributed by atoms with Crippen LogP contribution in [0.1, 0.15) is 11.1 Å². The Balaban J connectivity index is 2.06. The summed E-state index contributed by atoms with van der Waals surface area (Å²) in [7, 11) is 0. The summed E-state index contributed by atoms with van der Waals surface area (Å²) in [4.78, 5) is 11.4. The Bertz CT molecular complexity index is 616. The number of thioether (sulfide) groups is 1. The number of aliphatic hydroxyl groups excluding tert-OH is 1. The highest BCUT2D eigenvalue weighted by Crippen LogP contribution is 2.29. The van der Waals surface area contributed by atoms with E-state index in [1.54, 1.807) is 23.9 Å².